The van der Waals surface area contributed by atoms with Gasteiger partial charge in [0.2, 0.25) is 0 Å². The van der Waals surface area contributed by atoms with Crippen LogP contribution in [0.2, 0.25) is 0 Å². The second-order valence-electron chi connectivity index (χ2n) is 8.31. The number of nitrogens with one attached hydrogen (secondary N) is 1. The van der Waals surface area contributed by atoms with Crippen LogP contribution in [-0.2, 0) is 16.0 Å². The maximum Gasteiger partial charge on any atom is 0.251 e. The second-order valence-corrected chi connectivity index (χ2v) is 9.69. The van der Waals surface area contributed by atoms with Crippen LogP contribution in [0.3, 0.4) is 0 Å². The van der Waals surface area contributed by atoms with Crippen molar-refractivity contribution in [1.82, 2.24) is 10.2 Å². The van der Waals surface area contributed by atoms with Crippen LogP contribution in [0.15, 0.2) is 36.4 Å². The van der Waals surface area contributed by atoms with E-state index in [2.05, 4.69) is 29.3 Å². The largest absolute Gasteiger partial charge is 0.377 e. The van der Waals surface area contributed by atoms with E-state index in [-0.39, 0.29) is 17.6 Å². The zero-order chi connectivity index (χ0) is 20.3. The van der Waals surface area contributed by atoms with E-state index >= 15 is 0 Å². The number of hydrogen-bond acceptors (Lipinski definition) is 5. The van der Waals surface area contributed by atoms with Crippen LogP contribution >= 0.6 is 11.3 Å². The van der Waals surface area contributed by atoms with Crippen molar-refractivity contribution in [3.63, 3.8) is 0 Å². The number of carbonyl (C=O) groups is 1. The number of nitrogens with zero attached hydrogens (tertiary/aromatic N) is 1. The first-order valence-electron chi connectivity index (χ1n) is 10.4. The highest BCUT2D eigenvalue weighted by Gasteiger charge is 2.43. The van der Waals surface area contributed by atoms with E-state index in [4.69, 9.17) is 9.47 Å². The van der Waals surface area contributed by atoms with Crippen molar-refractivity contribution in [1.29, 1.82) is 0 Å². The molecule has 2 aliphatic heterocycles. The number of hydrogen-bond donors (Lipinski definition) is 1. The quantitative estimate of drug-likeness (QED) is 0.813. The Bertz CT molecular complexity index is 835. The molecule has 1 spiro atoms. The summed E-state index contributed by atoms with van der Waals surface area (Å²) >= 11 is 1.86. The van der Waals surface area contributed by atoms with Crippen molar-refractivity contribution in [3.8, 4) is 0 Å². The number of aryl methyl sites for hydroxylation is 2. The lowest BCUT2D eigenvalue weighted by molar-refractivity contribution is -0.0848. The first kappa shape index (κ1) is 20.5. The van der Waals surface area contributed by atoms with Gasteiger partial charge in [-0.2, -0.15) is 0 Å². The van der Waals surface area contributed by atoms with Crippen LogP contribution in [0.5, 0.6) is 0 Å². The van der Waals surface area contributed by atoms with Crippen molar-refractivity contribution in [3.05, 3.63) is 57.3 Å². The molecule has 2 atom stereocenters. The van der Waals surface area contributed by atoms with Crippen molar-refractivity contribution in [2.24, 2.45) is 0 Å². The third kappa shape index (κ3) is 5.25. The molecular formula is C23H30N2O3S. The minimum absolute atomic E-state index is 0.0388. The van der Waals surface area contributed by atoms with Gasteiger partial charge < -0.3 is 14.8 Å². The molecule has 3 heterocycles. The SMILES string of the molecule is Cc1ccc(C(=O)NC[C@H]2CC[C@]3(COCCN(Cc4ccc(C)s4)C3)O2)cc1. The number of benzene rings is 1. The first-order valence-corrected chi connectivity index (χ1v) is 11.2. The fourth-order valence-corrected chi connectivity index (χ4v) is 5.12. The third-order valence-corrected chi connectivity index (χ3v) is 6.73. The minimum atomic E-state index is -0.262. The first-order chi connectivity index (χ1) is 14.0. The summed E-state index contributed by atoms with van der Waals surface area (Å²) in [5.74, 6) is -0.0404. The van der Waals surface area contributed by atoms with Crippen molar-refractivity contribution in [2.75, 3.05) is 32.8 Å². The summed E-state index contributed by atoms with van der Waals surface area (Å²) in [4.78, 5) is 17.6. The van der Waals surface area contributed by atoms with E-state index in [0.717, 1.165) is 44.6 Å². The smallest absolute Gasteiger partial charge is 0.251 e. The molecule has 2 fully saturated rings. The minimum Gasteiger partial charge on any atom is -0.377 e. The van der Waals surface area contributed by atoms with E-state index in [0.29, 0.717) is 18.7 Å². The summed E-state index contributed by atoms with van der Waals surface area (Å²) < 4.78 is 12.4. The van der Waals surface area contributed by atoms with Crippen LogP contribution in [-0.4, -0.2) is 55.4 Å². The van der Waals surface area contributed by atoms with E-state index in [1.807, 2.05) is 42.5 Å². The standard InChI is InChI=1S/C23H30N2O3S/c1-17-3-6-19(7-4-17)22(26)24-13-20-9-10-23(28-20)15-25(11-12-27-16-23)14-21-8-5-18(2)29-21/h3-8,20H,9-16H2,1-2H3,(H,24,26)/t20-,23+/m1/s1. The van der Waals surface area contributed by atoms with Crippen molar-refractivity contribution >= 4 is 17.2 Å². The van der Waals surface area contributed by atoms with Crippen LogP contribution in [0, 0.1) is 13.8 Å². The van der Waals surface area contributed by atoms with Gasteiger partial charge in [0.15, 0.2) is 0 Å². The molecule has 0 bridgehead atoms. The zero-order valence-corrected chi connectivity index (χ0v) is 18.1. The van der Waals surface area contributed by atoms with Crippen LogP contribution < -0.4 is 5.32 Å². The van der Waals surface area contributed by atoms with Gasteiger partial charge in [0.05, 0.1) is 19.3 Å². The van der Waals surface area contributed by atoms with Gasteiger partial charge in [0.25, 0.3) is 5.91 Å². The molecular weight excluding hydrogens is 384 g/mol. The maximum atomic E-state index is 12.4. The van der Waals surface area contributed by atoms with Gasteiger partial charge in [0, 0.05) is 41.5 Å². The summed E-state index contributed by atoms with van der Waals surface area (Å²) in [7, 11) is 0. The summed E-state index contributed by atoms with van der Waals surface area (Å²) in [5, 5.41) is 3.04. The van der Waals surface area contributed by atoms with Crippen molar-refractivity contribution < 1.29 is 14.3 Å². The maximum absolute atomic E-state index is 12.4. The monoisotopic (exact) mass is 414 g/mol. The molecule has 0 saturated carbocycles. The lowest BCUT2D eigenvalue weighted by atomic mass is 10.00. The van der Waals surface area contributed by atoms with Crippen LogP contribution in [0.4, 0.5) is 0 Å². The average molecular weight is 415 g/mol. The molecule has 0 aliphatic carbocycles. The topological polar surface area (TPSA) is 50.8 Å². The normalized spacial score (nSPS) is 25.2. The Kier molecular flexibility index (Phi) is 6.35. The Hall–Kier alpha value is -1.73. The molecule has 1 aromatic carbocycles. The number of rotatable bonds is 5. The fraction of sp³-hybridized carbons (Fsp3) is 0.522. The van der Waals surface area contributed by atoms with Gasteiger partial charge in [-0.25, -0.2) is 0 Å². The van der Waals surface area contributed by atoms with E-state index in [1.165, 1.54) is 9.75 Å². The highest BCUT2D eigenvalue weighted by molar-refractivity contribution is 7.11. The average Bonchev–Trinajstić information content (AvgIpc) is 3.23. The summed E-state index contributed by atoms with van der Waals surface area (Å²) in [5.41, 5.74) is 1.58. The summed E-state index contributed by atoms with van der Waals surface area (Å²) in [6, 6.07) is 12.1. The third-order valence-electron chi connectivity index (χ3n) is 5.75. The van der Waals surface area contributed by atoms with Gasteiger partial charge in [-0.05, 0) is 51.0 Å². The molecule has 0 radical (unpaired) electrons. The molecule has 2 saturated heterocycles. The lowest BCUT2D eigenvalue weighted by Gasteiger charge is -2.31. The molecule has 2 aromatic rings. The number of ether oxygens (including phenoxy) is 2. The predicted octanol–water partition coefficient (Wildman–Crippen LogP) is 3.54. The Morgan fingerprint density at radius 2 is 2.07 bits per heavy atom. The molecule has 5 nitrogen and oxygen atoms in total. The summed E-state index contributed by atoms with van der Waals surface area (Å²) in [6.07, 6.45) is 1.96. The Morgan fingerprint density at radius 1 is 1.24 bits per heavy atom. The van der Waals surface area contributed by atoms with Crippen LogP contribution in [0.25, 0.3) is 0 Å². The Labute approximate surface area is 177 Å². The van der Waals surface area contributed by atoms with Crippen LogP contribution in [0.1, 0.15) is 38.5 Å². The molecule has 156 valence electrons. The van der Waals surface area contributed by atoms with E-state index < -0.39 is 0 Å². The molecule has 0 unspecified atom stereocenters. The van der Waals surface area contributed by atoms with Gasteiger partial charge >= 0.3 is 0 Å². The van der Waals surface area contributed by atoms with Gasteiger partial charge in [-0.1, -0.05) is 17.7 Å². The molecule has 1 amide bonds. The van der Waals surface area contributed by atoms with Gasteiger partial charge in [-0.3, -0.25) is 9.69 Å². The molecule has 6 heteroatoms. The fourth-order valence-electron chi connectivity index (χ4n) is 4.18. The van der Waals surface area contributed by atoms with E-state index in [1.54, 1.807) is 0 Å². The van der Waals surface area contributed by atoms with Gasteiger partial charge in [0.1, 0.15) is 5.60 Å². The number of thiophene rings is 1. The molecule has 4 rings (SSSR count). The zero-order valence-electron chi connectivity index (χ0n) is 17.3. The van der Waals surface area contributed by atoms with E-state index in [9.17, 15) is 4.79 Å². The lowest BCUT2D eigenvalue weighted by Crippen LogP contribution is -2.45. The second kappa shape index (κ2) is 8.96. The molecule has 1 N–H and O–H groups in total. The number of amides is 1. The molecule has 29 heavy (non-hydrogen) atoms. The number of carbonyl (C=O) groups excluding carboxylic acids is 1. The summed E-state index contributed by atoms with van der Waals surface area (Å²) in [6.45, 7) is 8.84. The molecule has 1 aromatic heterocycles. The predicted molar refractivity (Wildman–Crippen MR) is 116 cm³/mol. The van der Waals surface area contributed by atoms with Gasteiger partial charge in [-0.15, -0.1) is 11.3 Å². The Balaban J connectivity index is 1.32. The van der Waals surface area contributed by atoms with Crippen molar-refractivity contribution in [2.45, 2.75) is 44.9 Å². The Morgan fingerprint density at radius 3 is 2.83 bits per heavy atom. The molecule has 2 aliphatic rings. The highest BCUT2D eigenvalue weighted by Crippen LogP contribution is 2.33. The highest BCUT2D eigenvalue weighted by atomic mass is 32.1.